The van der Waals surface area contributed by atoms with Crippen molar-refractivity contribution in [2.45, 2.75) is 46.6 Å². The molecule has 21 heavy (non-hydrogen) atoms. The highest BCUT2D eigenvalue weighted by atomic mass is 79.9. The predicted molar refractivity (Wildman–Crippen MR) is 90.9 cm³/mol. The van der Waals surface area contributed by atoms with Gasteiger partial charge >= 0.3 is 0 Å². The first kappa shape index (κ1) is 18.0. The first-order valence-corrected chi connectivity index (χ1v) is 8.38. The molecule has 0 N–H and O–H groups in total. The molecule has 0 aliphatic rings. The summed E-state index contributed by atoms with van der Waals surface area (Å²) < 4.78 is 6.03. The summed E-state index contributed by atoms with van der Waals surface area (Å²) in [4.78, 5) is 14.9. The van der Waals surface area contributed by atoms with Crippen LogP contribution in [0.1, 0.15) is 50.9 Å². The van der Waals surface area contributed by atoms with Crippen molar-refractivity contribution in [3.05, 3.63) is 28.2 Å². The number of hydrogen-bond acceptors (Lipinski definition) is 2. The number of nitrogens with zero attached hydrogens (tertiary/aromatic N) is 1. The van der Waals surface area contributed by atoms with Crippen molar-refractivity contribution in [1.29, 1.82) is 0 Å². The second kappa shape index (κ2) is 8.42. The van der Waals surface area contributed by atoms with Crippen LogP contribution in [0.5, 0.6) is 5.75 Å². The maximum Gasteiger partial charge on any atom is 0.254 e. The van der Waals surface area contributed by atoms with Crippen LogP contribution < -0.4 is 4.74 Å². The zero-order valence-electron chi connectivity index (χ0n) is 13.6. The molecular formula is C17H26BrNO2. The highest BCUT2D eigenvalue weighted by Gasteiger charge is 2.23. The third-order valence-electron chi connectivity index (χ3n) is 3.60. The maximum atomic E-state index is 12.9. The van der Waals surface area contributed by atoms with Crippen molar-refractivity contribution in [3.63, 3.8) is 0 Å². The fourth-order valence-electron chi connectivity index (χ4n) is 2.49. The molecule has 0 spiro atoms. The minimum absolute atomic E-state index is 0.0979. The van der Waals surface area contributed by atoms with E-state index in [1.54, 1.807) is 7.11 Å². The number of carbonyl (C=O) groups excluding carboxylic acids is 1. The third-order valence-corrected chi connectivity index (χ3v) is 4.22. The average molecular weight is 356 g/mol. The van der Waals surface area contributed by atoms with E-state index in [1.807, 2.05) is 23.1 Å². The Labute approximate surface area is 136 Å². The Morgan fingerprint density at radius 2 is 1.90 bits per heavy atom. The van der Waals surface area contributed by atoms with Gasteiger partial charge in [0.1, 0.15) is 5.75 Å². The van der Waals surface area contributed by atoms with E-state index in [0.29, 0.717) is 17.5 Å². The SMILES string of the molecule is CCC(CC)N(CC(C)C)C(=O)c1ccc(OC)c(Br)c1. The van der Waals surface area contributed by atoms with Gasteiger partial charge in [-0.1, -0.05) is 27.7 Å². The summed E-state index contributed by atoms with van der Waals surface area (Å²) in [6.45, 7) is 9.35. The molecule has 0 fully saturated rings. The molecule has 0 radical (unpaired) electrons. The molecule has 0 heterocycles. The Bertz CT molecular complexity index is 470. The van der Waals surface area contributed by atoms with Crippen molar-refractivity contribution >= 4 is 21.8 Å². The Balaban J connectivity index is 3.06. The highest BCUT2D eigenvalue weighted by molar-refractivity contribution is 9.10. The third kappa shape index (κ3) is 4.73. The molecule has 0 atom stereocenters. The molecule has 0 aliphatic carbocycles. The van der Waals surface area contributed by atoms with Gasteiger partial charge in [0.25, 0.3) is 5.91 Å². The number of hydrogen-bond donors (Lipinski definition) is 0. The van der Waals surface area contributed by atoms with Gasteiger partial charge in [0.05, 0.1) is 11.6 Å². The first-order valence-electron chi connectivity index (χ1n) is 7.59. The van der Waals surface area contributed by atoms with Crippen LogP contribution in [0.2, 0.25) is 0 Å². The number of halogens is 1. The molecule has 1 aromatic rings. The van der Waals surface area contributed by atoms with Gasteiger partial charge in [-0.25, -0.2) is 0 Å². The molecule has 0 aromatic heterocycles. The summed E-state index contributed by atoms with van der Waals surface area (Å²) in [5, 5.41) is 0. The fraction of sp³-hybridized carbons (Fsp3) is 0.588. The summed E-state index contributed by atoms with van der Waals surface area (Å²) in [6.07, 6.45) is 1.96. The normalized spacial score (nSPS) is 11.0. The van der Waals surface area contributed by atoms with Crippen LogP contribution in [0, 0.1) is 5.92 Å². The van der Waals surface area contributed by atoms with E-state index in [0.717, 1.165) is 29.6 Å². The van der Waals surface area contributed by atoms with Crippen molar-refractivity contribution in [3.8, 4) is 5.75 Å². The Hall–Kier alpha value is -1.03. The number of rotatable bonds is 7. The lowest BCUT2D eigenvalue weighted by atomic mass is 10.1. The van der Waals surface area contributed by atoms with Crippen LogP contribution in [-0.2, 0) is 0 Å². The van der Waals surface area contributed by atoms with E-state index >= 15 is 0 Å². The van der Waals surface area contributed by atoms with Gasteiger partial charge in [0, 0.05) is 18.2 Å². The zero-order valence-corrected chi connectivity index (χ0v) is 15.2. The number of carbonyl (C=O) groups is 1. The number of ether oxygens (including phenoxy) is 1. The number of benzene rings is 1. The van der Waals surface area contributed by atoms with Crippen LogP contribution in [-0.4, -0.2) is 30.5 Å². The maximum absolute atomic E-state index is 12.9. The molecule has 0 saturated carbocycles. The van der Waals surface area contributed by atoms with Crippen LogP contribution in [0.3, 0.4) is 0 Å². The molecule has 0 unspecified atom stereocenters. The largest absolute Gasteiger partial charge is 0.496 e. The van der Waals surface area contributed by atoms with Crippen LogP contribution >= 0.6 is 15.9 Å². The lowest BCUT2D eigenvalue weighted by Gasteiger charge is -2.32. The molecule has 1 aromatic carbocycles. The van der Waals surface area contributed by atoms with Crippen molar-refractivity contribution in [1.82, 2.24) is 4.90 Å². The average Bonchev–Trinajstić information content (AvgIpc) is 2.46. The Morgan fingerprint density at radius 1 is 1.29 bits per heavy atom. The molecule has 0 bridgehead atoms. The van der Waals surface area contributed by atoms with E-state index in [2.05, 4.69) is 43.6 Å². The van der Waals surface area contributed by atoms with Gasteiger partial charge in [-0.2, -0.15) is 0 Å². The van der Waals surface area contributed by atoms with Crippen LogP contribution in [0.4, 0.5) is 0 Å². The summed E-state index contributed by atoms with van der Waals surface area (Å²) in [5.41, 5.74) is 0.704. The van der Waals surface area contributed by atoms with Crippen molar-refractivity contribution in [2.24, 2.45) is 5.92 Å². The fourth-order valence-corrected chi connectivity index (χ4v) is 3.03. The van der Waals surface area contributed by atoms with Gasteiger partial charge in [-0.3, -0.25) is 4.79 Å². The summed E-state index contributed by atoms with van der Waals surface area (Å²) in [5.74, 6) is 1.29. The van der Waals surface area contributed by atoms with Crippen LogP contribution in [0.25, 0.3) is 0 Å². The van der Waals surface area contributed by atoms with Gasteiger partial charge in [0.2, 0.25) is 0 Å². The monoisotopic (exact) mass is 355 g/mol. The van der Waals surface area contributed by atoms with E-state index in [-0.39, 0.29) is 5.91 Å². The van der Waals surface area contributed by atoms with Crippen LogP contribution in [0.15, 0.2) is 22.7 Å². The predicted octanol–water partition coefficient (Wildman–Crippen LogP) is 4.74. The standard InChI is InChI=1S/C17H26BrNO2/c1-6-14(7-2)19(11-12(3)4)17(20)13-8-9-16(21-5)15(18)10-13/h8-10,12,14H,6-7,11H2,1-5H3. The Morgan fingerprint density at radius 3 is 2.33 bits per heavy atom. The number of amides is 1. The Kier molecular flexibility index (Phi) is 7.23. The van der Waals surface area contributed by atoms with Gasteiger partial charge < -0.3 is 9.64 Å². The van der Waals surface area contributed by atoms with Gasteiger partial charge in [-0.15, -0.1) is 0 Å². The first-order chi connectivity index (χ1) is 9.94. The van der Waals surface area contributed by atoms with Crippen molar-refractivity contribution < 1.29 is 9.53 Å². The van der Waals surface area contributed by atoms with Gasteiger partial charge in [-0.05, 0) is 52.9 Å². The molecule has 1 rings (SSSR count). The smallest absolute Gasteiger partial charge is 0.254 e. The van der Waals surface area contributed by atoms with E-state index in [9.17, 15) is 4.79 Å². The zero-order chi connectivity index (χ0) is 16.0. The van der Waals surface area contributed by atoms with E-state index in [1.165, 1.54) is 0 Å². The molecule has 0 saturated heterocycles. The minimum Gasteiger partial charge on any atom is -0.496 e. The molecule has 118 valence electrons. The second-order valence-corrected chi connectivity index (χ2v) is 6.53. The van der Waals surface area contributed by atoms with Crippen molar-refractivity contribution in [2.75, 3.05) is 13.7 Å². The summed E-state index contributed by atoms with van der Waals surface area (Å²) in [6, 6.07) is 5.80. The lowest BCUT2D eigenvalue weighted by molar-refractivity contribution is 0.0640. The van der Waals surface area contributed by atoms with E-state index in [4.69, 9.17) is 4.74 Å². The molecule has 0 aliphatic heterocycles. The minimum atomic E-state index is 0.0979. The molecule has 4 heteroatoms. The molecule has 1 amide bonds. The number of methoxy groups -OCH3 is 1. The lowest BCUT2D eigenvalue weighted by Crippen LogP contribution is -2.42. The van der Waals surface area contributed by atoms with E-state index < -0.39 is 0 Å². The second-order valence-electron chi connectivity index (χ2n) is 5.67. The summed E-state index contributed by atoms with van der Waals surface area (Å²) >= 11 is 3.45. The molecular weight excluding hydrogens is 330 g/mol. The molecule has 3 nitrogen and oxygen atoms in total. The quantitative estimate of drug-likeness (QED) is 0.706. The topological polar surface area (TPSA) is 29.5 Å². The highest BCUT2D eigenvalue weighted by Crippen LogP contribution is 2.27. The summed E-state index contributed by atoms with van der Waals surface area (Å²) in [7, 11) is 1.62. The van der Waals surface area contributed by atoms with Gasteiger partial charge in [0.15, 0.2) is 0 Å².